The van der Waals surface area contributed by atoms with E-state index in [1.165, 1.54) is 29.5 Å². The minimum atomic E-state index is -0.471. The molecule has 0 aromatic carbocycles. The Morgan fingerprint density at radius 1 is 1.36 bits per heavy atom. The maximum Gasteiger partial charge on any atom is 0.323 e. The van der Waals surface area contributed by atoms with Crippen molar-refractivity contribution in [3.05, 3.63) is 27.9 Å². The van der Waals surface area contributed by atoms with Crippen molar-refractivity contribution >= 4 is 24.1 Å². The number of hydrogen-bond donors (Lipinski definition) is 1. The summed E-state index contributed by atoms with van der Waals surface area (Å²) in [7, 11) is 3.36. The van der Waals surface area contributed by atoms with Gasteiger partial charge in [-0.15, -0.1) is 12.4 Å². The van der Waals surface area contributed by atoms with E-state index in [-0.39, 0.29) is 30.2 Å². The quantitative estimate of drug-likeness (QED) is 0.676. The highest BCUT2D eigenvalue weighted by Gasteiger charge is 2.37. The molecule has 2 aliphatic heterocycles. The van der Waals surface area contributed by atoms with Gasteiger partial charge >= 0.3 is 5.82 Å². The SMILES string of the molecule is CN(C(=O)c1ccc([N+](=O)[O-])n1C)C1CC2CCC(C1)N2.Cl. The van der Waals surface area contributed by atoms with Crippen LogP contribution in [0.3, 0.4) is 0 Å². The zero-order valence-corrected chi connectivity index (χ0v) is 13.5. The largest absolute Gasteiger partial charge is 0.358 e. The average molecular weight is 329 g/mol. The van der Waals surface area contributed by atoms with Gasteiger partial charge in [0.15, 0.2) is 5.69 Å². The Labute approximate surface area is 135 Å². The molecule has 0 aliphatic carbocycles. The highest BCUT2D eigenvalue weighted by atomic mass is 35.5. The van der Waals surface area contributed by atoms with Gasteiger partial charge in [-0.3, -0.25) is 4.79 Å². The van der Waals surface area contributed by atoms with Crippen molar-refractivity contribution in [2.45, 2.75) is 43.8 Å². The minimum absolute atomic E-state index is 0. The Balaban J connectivity index is 0.00000176. The van der Waals surface area contributed by atoms with E-state index in [1.807, 2.05) is 0 Å². The number of carbonyl (C=O) groups excluding carboxylic acids is 1. The normalized spacial score (nSPS) is 26.4. The van der Waals surface area contributed by atoms with Gasteiger partial charge in [0, 0.05) is 31.2 Å². The minimum Gasteiger partial charge on any atom is -0.358 e. The third-order valence-corrected chi connectivity index (χ3v) is 4.82. The number of fused-ring (bicyclic) bond motifs is 2. The van der Waals surface area contributed by atoms with Crippen molar-refractivity contribution in [2.24, 2.45) is 7.05 Å². The molecule has 8 heteroatoms. The lowest BCUT2D eigenvalue weighted by Crippen LogP contribution is -2.49. The van der Waals surface area contributed by atoms with Crippen molar-refractivity contribution in [2.75, 3.05) is 7.05 Å². The number of carbonyl (C=O) groups is 1. The van der Waals surface area contributed by atoms with Crippen LogP contribution in [0.2, 0.25) is 0 Å². The maximum absolute atomic E-state index is 12.6. The summed E-state index contributed by atoms with van der Waals surface area (Å²) in [6.45, 7) is 0. The molecule has 2 unspecified atom stereocenters. The monoisotopic (exact) mass is 328 g/mol. The molecule has 0 spiro atoms. The Morgan fingerprint density at radius 3 is 2.45 bits per heavy atom. The summed E-state index contributed by atoms with van der Waals surface area (Å²) < 4.78 is 1.36. The van der Waals surface area contributed by atoms with Crippen molar-refractivity contribution < 1.29 is 9.72 Å². The first-order chi connectivity index (χ1) is 9.97. The van der Waals surface area contributed by atoms with Gasteiger partial charge in [0.05, 0.1) is 7.05 Å². The summed E-state index contributed by atoms with van der Waals surface area (Å²) in [6.07, 6.45) is 4.29. The van der Waals surface area contributed by atoms with Gasteiger partial charge in [-0.2, -0.15) is 0 Å². The van der Waals surface area contributed by atoms with Gasteiger partial charge < -0.3 is 20.3 Å². The average Bonchev–Trinajstić information content (AvgIpc) is 3.00. The van der Waals surface area contributed by atoms with Crippen molar-refractivity contribution in [1.82, 2.24) is 14.8 Å². The van der Waals surface area contributed by atoms with Gasteiger partial charge in [-0.1, -0.05) is 0 Å². The lowest BCUT2D eigenvalue weighted by molar-refractivity contribution is -0.391. The second-order valence-electron chi connectivity index (χ2n) is 6.07. The van der Waals surface area contributed by atoms with Crippen LogP contribution >= 0.6 is 12.4 Å². The number of rotatable bonds is 3. The third-order valence-electron chi connectivity index (χ3n) is 4.82. The van der Waals surface area contributed by atoms with Crippen molar-refractivity contribution in [3.63, 3.8) is 0 Å². The molecule has 0 saturated carbocycles. The third kappa shape index (κ3) is 2.83. The second-order valence-corrected chi connectivity index (χ2v) is 6.07. The molecular weight excluding hydrogens is 308 g/mol. The number of halogens is 1. The Bertz CT molecular complexity index is 577. The van der Waals surface area contributed by atoms with Crippen LogP contribution in [0.15, 0.2) is 12.1 Å². The first kappa shape index (κ1) is 16.8. The van der Waals surface area contributed by atoms with Crippen molar-refractivity contribution in [1.29, 1.82) is 0 Å². The molecule has 22 heavy (non-hydrogen) atoms. The maximum atomic E-state index is 12.6. The molecule has 1 aromatic rings. The zero-order chi connectivity index (χ0) is 15.1. The molecule has 2 aliphatic rings. The van der Waals surface area contributed by atoms with E-state index in [0.29, 0.717) is 17.8 Å². The van der Waals surface area contributed by atoms with Crippen LogP contribution < -0.4 is 5.32 Å². The summed E-state index contributed by atoms with van der Waals surface area (Å²) >= 11 is 0. The lowest BCUT2D eigenvalue weighted by atomic mass is 9.98. The summed E-state index contributed by atoms with van der Waals surface area (Å²) in [5.41, 5.74) is 0.370. The standard InChI is InChI=1S/C14H20N4O3.ClH/c1-16(11-7-9-3-4-10(8-11)15-9)14(19)12-5-6-13(17(12)2)18(20)21;/h5-6,9-11,15H,3-4,7-8H2,1-2H3;1H. The van der Waals surface area contributed by atoms with Crippen LogP contribution in [0, 0.1) is 10.1 Å². The van der Waals surface area contributed by atoms with E-state index in [9.17, 15) is 14.9 Å². The van der Waals surface area contributed by atoms with Gasteiger partial charge in [0.1, 0.15) is 0 Å². The highest BCUT2D eigenvalue weighted by Crippen LogP contribution is 2.30. The van der Waals surface area contributed by atoms with Crippen LogP contribution in [0.4, 0.5) is 5.82 Å². The van der Waals surface area contributed by atoms with E-state index in [4.69, 9.17) is 0 Å². The summed E-state index contributed by atoms with van der Waals surface area (Å²) in [4.78, 5) is 24.8. The fourth-order valence-electron chi connectivity index (χ4n) is 3.59. The summed E-state index contributed by atoms with van der Waals surface area (Å²) in [5.74, 6) is -0.200. The van der Waals surface area contributed by atoms with E-state index in [2.05, 4.69) is 5.32 Å². The lowest BCUT2D eigenvalue weighted by Gasteiger charge is -2.35. The van der Waals surface area contributed by atoms with Crippen LogP contribution in [-0.4, -0.2) is 45.5 Å². The number of hydrogen-bond acceptors (Lipinski definition) is 4. The van der Waals surface area contributed by atoms with Crippen LogP contribution in [0.5, 0.6) is 0 Å². The molecular formula is C14H21ClN4O3. The molecule has 1 N–H and O–H groups in total. The van der Waals surface area contributed by atoms with E-state index >= 15 is 0 Å². The predicted octanol–water partition coefficient (Wildman–Crippen LogP) is 1.71. The van der Waals surface area contributed by atoms with Gasteiger partial charge in [-0.05, 0) is 36.7 Å². The molecule has 122 valence electrons. The number of nitro groups is 1. The van der Waals surface area contributed by atoms with Crippen LogP contribution in [0.1, 0.15) is 36.2 Å². The number of nitrogens with one attached hydrogen (secondary N) is 1. The van der Waals surface area contributed by atoms with Gasteiger partial charge in [0.25, 0.3) is 5.91 Å². The van der Waals surface area contributed by atoms with Gasteiger partial charge in [0.2, 0.25) is 0 Å². The Kier molecular flexibility index (Phi) is 4.77. The number of piperidine rings is 1. The molecule has 7 nitrogen and oxygen atoms in total. The zero-order valence-electron chi connectivity index (χ0n) is 12.7. The molecule has 2 bridgehead atoms. The summed E-state index contributed by atoms with van der Waals surface area (Å²) in [5, 5.41) is 14.4. The number of nitrogens with zero attached hydrogens (tertiary/aromatic N) is 3. The number of amides is 1. The molecule has 0 radical (unpaired) electrons. The smallest absolute Gasteiger partial charge is 0.323 e. The van der Waals surface area contributed by atoms with Crippen LogP contribution in [0.25, 0.3) is 0 Å². The molecule has 2 saturated heterocycles. The van der Waals surface area contributed by atoms with E-state index in [1.54, 1.807) is 19.0 Å². The first-order valence-electron chi connectivity index (χ1n) is 7.30. The fraction of sp³-hybridized carbons (Fsp3) is 0.643. The van der Waals surface area contributed by atoms with Gasteiger partial charge in [-0.25, -0.2) is 4.57 Å². The molecule has 2 atom stereocenters. The highest BCUT2D eigenvalue weighted by molar-refractivity contribution is 5.93. The topological polar surface area (TPSA) is 80.4 Å². The molecule has 3 rings (SSSR count). The Morgan fingerprint density at radius 2 is 1.95 bits per heavy atom. The molecule has 1 amide bonds. The summed E-state index contributed by atoms with van der Waals surface area (Å²) in [6, 6.07) is 4.14. The molecule has 1 aromatic heterocycles. The predicted molar refractivity (Wildman–Crippen MR) is 84.4 cm³/mol. The van der Waals surface area contributed by atoms with Crippen LogP contribution in [-0.2, 0) is 7.05 Å². The van der Waals surface area contributed by atoms with Crippen molar-refractivity contribution in [3.8, 4) is 0 Å². The van der Waals surface area contributed by atoms with E-state index < -0.39 is 4.92 Å². The molecule has 2 fully saturated rings. The second kappa shape index (κ2) is 6.26. The fourth-order valence-corrected chi connectivity index (χ4v) is 3.59. The van der Waals surface area contributed by atoms with E-state index in [0.717, 1.165) is 12.8 Å². The molecule has 3 heterocycles. The first-order valence-corrected chi connectivity index (χ1v) is 7.30. The Hall–Kier alpha value is -1.60. The number of aromatic nitrogens is 1.